The van der Waals surface area contributed by atoms with E-state index in [1.165, 1.54) is 6.07 Å². The molecule has 0 amide bonds. The summed E-state index contributed by atoms with van der Waals surface area (Å²) < 4.78 is 38.5. The number of aliphatic hydroxyl groups excluding tert-OH is 1. The Morgan fingerprint density at radius 1 is 1.25 bits per heavy atom. The van der Waals surface area contributed by atoms with Crippen LogP contribution in [0.3, 0.4) is 0 Å². The van der Waals surface area contributed by atoms with Gasteiger partial charge in [0.2, 0.25) is 0 Å². The van der Waals surface area contributed by atoms with E-state index in [2.05, 4.69) is 20.9 Å². The van der Waals surface area contributed by atoms with Gasteiger partial charge in [-0.05, 0) is 35.4 Å². The predicted molar refractivity (Wildman–Crippen MR) is 72.0 cm³/mol. The molecule has 0 spiro atoms. The fourth-order valence-electron chi connectivity index (χ4n) is 1.83. The average molecular weight is 346 g/mol. The van der Waals surface area contributed by atoms with Crippen LogP contribution in [-0.2, 0) is 12.6 Å². The summed E-state index contributed by atoms with van der Waals surface area (Å²) in [6.45, 7) is 0. The van der Waals surface area contributed by atoms with E-state index in [9.17, 15) is 18.3 Å². The maximum absolute atomic E-state index is 12.7. The van der Waals surface area contributed by atoms with E-state index in [-0.39, 0.29) is 12.0 Å². The van der Waals surface area contributed by atoms with Crippen LogP contribution in [0.1, 0.15) is 22.8 Å². The molecule has 106 valence electrons. The summed E-state index contributed by atoms with van der Waals surface area (Å²) >= 11 is 3.17. The SMILES string of the molecule is OC(Cc1cccnc1)c1cc(C(F)(F)F)ccc1Br. The minimum absolute atomic E-state index is 0.202. The molecule has 6 heteroatoms. The van der Waals surface area contributed by atoms with Gasteiger partial charge in [0, 0.05) is 23.3 Å². The molecule has 0 aliphatic heterocycles. The minimum atomic E-state index is -4.43. The van der Waals surface area contributed by atoms with Crippen LogP contribution in [0.4, 0.5) is 13.2 Å². The summed E-state index contributed by atoms with van der Waals surface area (Å²) in [5.74, 6) is 0. The third-order valence-electron chi connectivity index (χ3n) is 2.83. The number of aromatic nitrogens is 1. The van der Waals surface area contributed by atoms with Gasteiger partial charge in [-0.3, -0.25) is 4.98 Å². The highest BCUT2D eigenvalue weighted by Gasteiger charge is 2.31. The van der Waals surface area contributed by atoms with Crippen molar-refractivity contribution in [3.05, 3.63) is 63.9 Å². The van der Waals surface area contributed by atoms with Crippen LogP contribution in [0.15, 0.2) is 47.2 Å². The quantitative estimate of drug-likeness (QED) is 0.906. The topological polar surface area (TPSA) is 33.1 Å². The number of hydrogen-bond acceptors (Lipinski definition) is 2. The van der Waals surface area contributed by atoms with E-state index >= 15 is 0 Å². The zero-order chi connectivity index (χ0) is 14.8. The fraction of sp³-hybridized carbons (Fsp3) is 0.214. The van der Waals surface area contributed by atoms with Crippen molar-refractivity contribution in [3.63, 3.8) is 0 Å². The van der Waals surface area contributed by atoms with Gasteiger partial charge in [-0.25, -0.2) is 0 Å². The van der Waals surface area contributed by atoms with Gasteiger partial charge in [0.05, 0.1) is 11.7 Å². The Balaban J connectivity index is 2.27. The van der Waals surface area contributed by atoms with Gasteiger partial charge >= 0.3 is 6.18 Å². The van der Waals surface area contributed by atoms with Crippen LogP contribution >= 0.6 is 15.9 Å². The van der Waals surface area contributed by atoms with Crippen molar-refractivity contribution in [1.82, 2.24) is 4.98 Å². The van der Waals surface area contributed by atoms with Crippen molar-refractivity contribution in [2.24, 2.45) is 0 Å². The van der Waals surface area contributed by atoms with Crippen molar-refractivity contribution in [2.75, 3.05) is 0 Å². The Labute approximate surface area is 122 Å². The number of halogens is 4. The summed E-state index contributed by atoms with van der Waals surface area (Å²) in [5, 5.41) is 10.1. The molecule has 0 aliphatic carbocycles. The molecule has 0 saturated carbocycles. The number of benzene rings is 1. The number of pyridine rings is 1. The Bertz CT molecular complexity index is 587. The van der Waals surface area contributed by atoms with Crippen molar-refractivity contribution >= 4 is 15.9 Å². The molecule has 1 unspecified atom stereocenters. The molecule has 2 rings (SSSR count). The Morgan fingerprint density at radius 2 is 2.00 bits per heavy atom. The van der Waals surface area contributed by atoms with E-state index in [1.807, 2.05) is 0 Å². The van der Waals surface area contributed by atoms with Crippen LogP contribution in [0.25, 0.3) is 0 Å². The number of hydrogen-bond donors (Lipinski definition) is 1. The second-order valence-electron chi connectivity index (χ2n) is 4.32. The summed E-state index contributed by atoms with van der Waals surface area (Å²) in [7, 11) is 0. The lowest BCUT2D eigenvalue weighted by molar-refractivity contribution is -0.137. The molecule has 1 aromatic heterocycles. The number of aliphatic hydroxyl groups is 1. The van der Waals surface area contributed by atoms with Crippen molar-refractivity contribution in [2.45, 2.75) is 18.7 Å². The molecule has 0 saturated heterocycles. The van der Waals surface area contributed by atoms with E-state index in [0.29, 0.717) is 4.47 Å². The van der Waals surface area contributed by atoms with Gasteiger partial charge in [-0.1, -0.05) is 22.0 Å². The molecule has 2 nitrogen and oxygen atoms in total. The zero-order valence-electron chi connectivity index (χ0n) is 10.2. The van der Waals surface area contributed by atoms with Gasteiger partial charge in [-0.15, -0.1) is 0 Å². The molecule has 0 aliphatic rings. The standard InChI is InChI=1S/C14H11BrF3NO/c15-12-4-3-10(14(16,17)18)7-11(12)13(20)6-9-2-1-5-19-8-9/h1-5,7-8,13,20H,6H2. The monoisotopic (exact) mass is 345 g/mol. The van der Waals surface area contributed by atoms with Crippen molar-refractivity contribution in [3.8, 4) is 0 Å². The summed E-state index contributed by atoms with van der Waals surface area (Å²) in [5.41, 5.74) is 0.189. The van der Waals surface area contributed by atoms with Gasteiger partial charge < -0.3 is 5.11 Å². The maximum atomic E-state index is 12.7. The molecule has 0 fully saturated rings. The first kappa shape index (κ1) is 15.0. The smallest absolute Gasteiger partial charge is 0.388 e. The number of alkyl halides is 3. The lowest BCUT2D eigenvalue weighted by Gasteiger charge is -2.15. The molecule has 1 atom stereocenters. The molecule has 20 heavy (non-hydrogen) atoms. The molecule has 0 radical (unpaired) electrons. The highest BCUT2D eigenvalue weighted by molar-refractivity contribution is 9.10. The van der Waals surface area contributed by atoms with Crippen LogP contribution in [-0.4, -0.2) is 10.1 Å². The highest BCUT2D eigenvalue weighted by atomic mass is 79.9. The van der Waals surface area contributed by atoms with Crippen molar-refractivity contribution < 1.29 is 18.3 Å². The number of rotatable bonds is 3. The van der Waals surface area contributed by atoms with E-state index in [4.69, 9.17) is 0 Å². The first-order valence-corrected chi connectivity index (χ1v) is 6.61. The van der Waals surface area contributed by atoms with Crippen LogP contribution in [0.5, 0.6) is 0 Å². The molecule has 1 aromatic carbocycles. The summed E-state index contributed by atoms with van der Waals surface area (Å²) in [6, 6.07) is 6.71. The van der Waals surface area contributed by atoms with E-state index in [1.54, 1.807) is 24.5 Å². The average Bonchev–Trinajstić information content (AvgIpc) is 2.39. The largest absolute Gasteiger partial charge is 0.416 e. The van der Waals surface area contributed by atoms with E-state index in [0.717, 1.165) is 17.7 Å². The van der Waals surface area contributed by atoms with Crippen LogP contribution < -0.4 is 0 Å². The second kappa shape index (κ2) is 5.93. The zero-order valence-corrected chi connectivity index (χ0v) is 11.8. The molecule has 2 aromatic rings. The van der Waals surface area contributed by atoms with Gasteiger partial charge in [0.15, 0.2) is 0 Å². The lowest BCUT2D eigenvalue weighted by atomic mass is 10.0. The highest BCUT2D eigenvalue weighted by Crippen LogP contribution is 2.34. The van der Waals surface area contributed by atoms with E-state index < -0.39 is 17.8 Å². The molecular formula is C14H11BrF3NO. The molecule has 1 heterocycles. The second-order valence-corrected chi connectivity index (χ2v) is 5.17. The third kappa shape index (κ3) is 3.58. The first-order valence-electron chi connectivity index (χ1n) is 5.81. The van der Waals surface area contributed by atoms with Gasteiger partial charge in [-0.2, -0.15) is 13.2 Å². The summed E-state index contributed by atoms with van der Waals surface area (Å²) in [4.78, 5) is 3.91. The van der Waals surface area contributed by atoms with Crippen LogP contribution in [0.2, 0.25) is 0 Å². The van der Waals surface area contributed by atoms with Gasteiger partial charge in [0.1, 0.15) is 0 Å². The fourth-order valence-corrected chi connectivity index (χ4v) is 2.34. The minimum Gasteiger partial charge on any atom is -0.388 e. The van der Waals surface area contributed by atoms with Gasteiger partial charge in [0.25, 0.3) is 0 Å². The molecule has 1 N–H and O–H groups in total. The molecular weight excluding hydrogens is 335 g/mol. The first-order chi connectivity index (χ1) is 9.38. The molecule has 0 bridgehead atoms. The lowest BCUT2D eigenvalue weighted by Crippen LogP contribution is -2.09. The van der Waals surface area contributed by atoms with Crippen molar-refractivity contribution in [1.29, 1.82) is 0 Å². The van der Waals surface area contributed by atoms with Crippen LogP contribution in [0, 0.1) is 0 Å². The Hall–Kier alpha value is -1.40. The Kier molecular flexibility index (Phi) is 4.45. The normalized spacial score (nSPS) is 13.2. The third-order valence-corrected chi connectivity index (χ3v) is 3.56. The Morgan fingerprint density at radius 3 is 2.60 bits per heavy atom. The summed E-state index contributed by atoms with van der Waals surface area (Å²) in [6.07, 6.45) is -2.09. The predicted octanol–water partition coefficient (Wildman–Crippen LogP) is 4.14. The number of nitrogens with zero attached hydrogens (tertiary/aromatic N) is 1. The maximum Gasteiger partial charge on any atom is 0.416 e.